The molecule has 2 fully saturated rings. The molecule has 0 aromatic heterocycles. The van der Waals surface area contributed by atoms with Gasteiger partial charge in [-0.3, -0.25) is 14.5 Å². The number of aryl methyl sites for hydroxylation is 1. The van der Waals surface area contributed by atoms with Crippen LogP contribution in [0.2, 0.25) is 5.02 Å². The number of halogens is 1. The van der Waals surface area contributed by atoms with Gasteiger partial charge in [-0.05, 0) is 41.8 Å². The topological polar surface area (TPSA) is 82.1 Å². The van der Waals surface area contributed by atoms with Gasteiger partial charge in [0.15, 0.2) is 0 Å². The maximum absolute atomic E-state index is 14.4. The van der Waals surface area contributed by atoms with Gasteiger partial charge in [0, 0.05) is 42.6 Å². The number of hydrogen-bond donors (Lipinski definition) is 2. The van der Waals surface area contributed by atoms with Crippen molar-refractivity contribution >= 4 is 35.2 Å². The van der Waals surface area contributed by atoms with Gasteiger partial charge in [0.05, 0.1) is 32.3 Å². The zero-order valence-corrected chi connectivity index (χ0v) is 24.8. The average Bonchev–Trinajstić information content (AvgIpc) is 3.27. The van der Waals surface area contributed by atoms with Gasteiger partial charge in [-0.25, -0.2) is 0 Å². The van der Waals surface area contributed by atoms with E-state index in [4.69, 9.17) is 16.3 Å². The van der Waals surface area contributed by atoms with Crippen LogP contribution >= 0.6 is 23.4 Å². The van der Waals surface area contributed by atoms with Gasteiger partial charge >= 0.3 is 0 Å². The van der Waals surface area contributed by atoms with Crippen molar-refractivity contribution in [1.82, 2.24) is 15.1 Å². The number of thioether (sulfide) groups is 1. The summed E-state index contributed by atoms with van der Waals surface area (Å²) < 4.78 is 4.33. The molecular formula is C32H36ClN3O4S. The number of morpholine rings is 1. The Morgan fingerprint density at radius 3 is 2.46 bits per heavy atom. The minimum absolute atomic E-state index is 0.0474. The number of benzene rings is 3. The minimum Gasteiger partial charge on any atom is -0.392 e. The van der Waals surface area contributed by atoms with Gasteiger partial charge in [-0.1, -0.05) is 71.8 Å². The first-order valence-corrected chi connectivity index (χ1v) is 15.2. The molecule has 0 spiro atoms. The van der Waals surface area contributed by atoms with Crippen LogP contribution in [0, 0.1) is 6.92 Å². The third kappa shape index (κ3) is 6.79. The second kappa shape index (κ2) is 13.4. The SMILES string of the molecule is Cc1ccc(S[C@]2(C(=O)NCCN3CCOCC3)CC(=O)N(Cc3ccccc3Cl)[C@@H]2c2ccc(CO)cc2)cc1. The standard InChI is InChI=1S/C32H36ClN3O4S/c1-23-6-12-27(13-7-23)41-32(31(39)34-14-15-35-16-18-40-19-17-35)20-29(38)36(21-26-4-2-3-5-28(26)33)30(32)25-10-8-24(22-37)9-11-25/h2-13,30,37H,14-22H2,1H3,(H,34,39)/t30-,32-/m1/s1. The molecule has 2 amide bonds. The largest absolute Gasteiger partial charge is 0.392 e. The van der Waals surface area contributed by atoms with Crippen LogP contribution in [-0.4, -0.2) is 70.9 Å². The fourth-order valence-electron chi connectivity index (χ4n) is 5.52. The van der Waals surface area contributed by atoms with Crippen molar-refractivity contribution in [1.29, 1.82) is 0 Å². The fraction of sp³-hybridized carbons (Fsp3) is 0.375. The van der Waals surface area contributed by atoms with E-state index >= 15 is 0 Å². The van der Waals surface area contributed by atoms with Gasteiger partial charge in [0.25, 0.3) is 0 Å². The van der Waals surface area contributed by atoms with E-state index in [0.29, 0.717) is 31.3 Å². The summed E-state index contributed by atoms with van der Waals surface area (Å²) in [6.45, 7) is 6.47. The lowest BCUT2D eigenvalue weighted by Crippen LogP contribution is -2.50. The number of likely N-dealkylation sites (tertiary alicyclic amines) is 1. The summed E-state index contributed by atoms with van der Waals surface area (Å²) in [5.74, 6) is -0.272. The van der Waals surface area contributed by atoms with Crippen LogP contribution in [0.1, 0.15) is 34.7 Å². The van der Waals surface area contributed by atoms with E-state index in [-0.39, 0.29) is 31.4 Å². The van der Waals surface area contributed by atoms with Gasteiger partial charge in [0.2, 0.25) is 11.8 Å². The zero-order valence-electron chi connectivity index (χ0n) is 23.2. The first-order chi connectivity index (χ1) is 19.9. The number of aliphatic hydroxyl groups excluding tert-OH is 1. The van der Waals surface area contributed by atoms with Crippen molar-refractivity contribution < 1.29 is 19.4 Å². The van der Waals surface area contributed by atoms with E-state index in [1.807, 2.05) is 79.7 Å². The molecule has 9 heteroatoms. The summed E-state index contributed by atoms with van der Waals surface area (Å²) in [6, 6.07) is 22.5. The lowest BCUT2D eigenvalue weighted by Gasteiger charge is -2.37. The van der Waals surface area contributed by atoms with Crippen LogP contribution in [0.25, 0.3) is 0 Å². The van der Waals surface area contributed by atoms with Crippen LogP contribution in [-0.2, 0) is 27.5 Å². The Bertz CT molecular complexity index is 1350. The molecule has 2 heterocycles. The molecule has 2 aliphatic rings. The molecule has 3 aromatic rings. The second-order valence-corrected chi connectivity index (χ2v) is 12.4. The molecule has 2 saturated heterocycles. The second-order valence-electron chi connectivity index (χ2n) is 10.6. The number of carbonyl (C=O) groups is 2. The van der Waals surface area contributed by atoms with E-state index in [9.17, 15) is 14.7 Å². The Kier molecular flexibility index (Phi) is 9.68. The summed E-state index contributed by atoms with van der Waals surface area (Å²) in [5, 5.41) is 13.4. The van der Waals surface area contributed by atoms with E-state index in [1.165, 1.54) is 11.8 Å². The highest BCUT2D eigenvalue weighted by Crippen LogP contribution is 2.53. The summed E-state index contributed by atoms with van der Waals surface area (Å²) >= 11 is 7.99. The Hall–Kier alpha value is -2.88. The highest BCUT2D eigenvalue weighted by molar-refractivity contribution is 8.01. The molecule has 0 bridgehead atoms. The molecule has 216 valence electrons. The van der Waals surface area contributed by atoms with E-state index in [1.54, 1.807) is 4.90 Å². The summed E-state index contributed by atoms with van der Waals surface area (Å²) in [4.78, 5) is 33.3. The third-order valence-electron chi connectivity index (χ3n) is 7.79. The monoisotopic (exact) mass is 593 g/mol. The molecule has 7 nitrogen and oxygen atoms in total. The molecule has 41 heavy (non-hydrogen) atoms. The maximum atomic E-state index is 14.4. The fourth-order valence-corrected chi connectivity index (χ4v) is 7.15. The quantitative estimate of drug-likeness (QED) is 0.358. The van der Waals surface area contributed by atoms with Gasteiger partial charge < -0.3 is 20.1 Å². The van der Waals surface area contributed by atoms with Crippen LogP contribution in [0.4, 0.5) is 0 Å². The van der Waals surface area contributed by atoms with Gasteiger partial charge in [-0.15, -0.1) is 11.8 Å². The molecule has 0 unspecified atom stereocenters. The van der Waals surface area contributed by atoms with E-state index in [2.05, 4.69) is 10.2 Å². The number of carbonyl (C=O) groups excluding carboxylic acids is 2. The Labute approximate surface area is 250 Å². The van der Waals surface area contributed by atoms with E-state index < -0.39 is 10.8 Å². The van der Waals surface area contributed by atoms with Gasteiger partial charge in [0.1, 0.15) is 4.75 Å². The minimum atomic E-state index is -1.13. The molecule has 5 rings (SSSR count). The van der Waals surface area contributed by atoms with Crippen LogP contribution in [0.3, 0.4) is 0 Å². The zero-order chi connectivity index (χ0) is 28.8. The molecule has 2 N–H and O–H groups in total. The smallest absolute Gasteiger partial charge is 0.239 e. The molecular weight excluding hydrogens is 558 g/mol. The third-order valence-corrected chi connectivity index (χ3v) is 9.58. The normalized spacial score (nSPS) is 21.3. The molecule has 2 aliphatic heterocycles. The lowest BCUT2D eigenvalue weighted by molar-refractivity contribution is -0.129. The number of hydrogen-bond acceptors (Lipinski definition) is 6. The summed E-state index contributed by atoms with van der Waals surface area (Å²) in [6.07, 6.45) is 0.0474. The maximum Gasteiger partial charge on any atom is 0.239 e. The van der Waals surface area contributed by atoms with Crippen molar-refractivity contribution in [3.8, 4) is 0 Å². The number of rotatable bonds is 10. The lowest BCUT2D eigenvalue weighted by atomic mass is 9.90. The Morgan fingerprint density at radius 1 is 1.07 bits per heavy atom. The predicted octanol–water partition coefficient (Wildman–Crippen LogP) is 4.59. The molecule has 0 aliphatic carbocycles. The van der Waals surface area contributed by atoms with E-state index in [0.717, 1.165) is 40.2 Å². The highest BCUT2D eigenvalue weighted by atomic mass is 35.5. The van der Waals surface area contributed by atoms with Crippen molar-refractivity contribution in [2.45, 2.75) is 42.2 Å². The van der Waals surface area contributed by atoms with Crippen LogP contribution < -0.4 is 5.32 Å². The number of amides is 2. The number of nitrogens with zero attached hydrogens (tertiary/aromatic N) is 2. The summed E-state index contributed by atoms with van der Waals surface area (Å²) in [7, 11) is 0. The molecule has 0 radical (unpaired) electrons. The van der Waals surface area contributed by atoms with Crippen molar-refractivity contribution in [3.05, 3.63) is 100 Å². The average molecular weight is 594 g/mol. The van der Waals surface area contributed by atoms with Crippen LogP contribution in [0.5, 0.6) is 0 Å². The first-order valence-electron chi connectivity index (χ1n) is 14.0. The molecule has 3 aromatic carbocycles. The number of nitrogens with one attached hydrogen (secondary N) is 1. The number of aliphatic hydroxyl groups is 1. The summed E-state index contributed by atoms with van der Waals surface area (Å²) in [5.41, 5.74) is 3.55. The molecule has 0 saturated carbocycles. The van der Waals surface area contributed by atoms with Gasteiger partial charge in [-0.2, -0.15) is 0 Å². The Balaban J connectivity index is 1.53. The highest BCUT2D eigenvalue weighted by Gasteiger charge is 2.58. The van der Waals surface area contributed by atoms with Crippen molar-refractivity contribution in [2.24, 2.45) is 0 Å². The van der Waals surface area contributed by atoms with Crippen molar-refractivity contribution in [2.75, 3.05) is 39.4 Å². The van der Waals surface area contributed by atoms with Crippen LogP contribution in [0.15, 0.2) is 77.7 Å². The number of ether oxygens (including phenoxy) is 1. The van der Waals surface area contributed by atoms with Crippen molar-refractivity contribution in [3.63, 3.8) is 0 Å². The first kappa shape index (κ1) is 29.6. The molecule has 2 atom stereocenters. The predicted molar refractivity (Wildman–Crippen MR) is 162 cm³/mol. The Morgan fingerprint density at radius 2 is 1.78 bits per heavy atom.